The molecule has 7 nitrogen and oxygen atoms in total. The second-order valence-electron chi connectivity index (χ2n) is 10.4. The van der Waals surface area contributed by atoms with Crippen LogP contribution in [0, 0.1) is 17.8 Å². The van der Waals surface area contributed by atoms with Crippen LogP contribution < -0.4 is 15.8 Å². The second-order valence-corrected chi connectivity index (χ2v) is 11.3. The van der Waals surface area contributed by atoms with Gasteiger partial charge in [0.15, 0.2) is 0 Å². The van der Waals surface area contributed by atoms with E-state index >= 15 is 0 Å². The van der Waals surface area contributed by atoms with E-state index in [1.807, 2.05) is 50.2 Å². The van der Waals surface area contributed by atoms with Crippen molar-refractivity contribution in [1.29, 1.82) is 0 Å². The number of para-hydroxylation sites is 2. The number of benzene rings is 3. The summed E-state index contributed by atoms with van der Waals surface area (Å²) >= 11 is 12.4. The number of amides is 2. The van der Waals surface area contributed by atoms with Crippen LogP contribution in [0.1, 0.15) is 25.2 Å². The Morgan fingerprint density at radius 3 is 2.42 bits per heavy atom. The molecule has 9 heteroatoms. The fourth-order valence-electron chi connectivity index (χ4n) is 6.60. The van der Waals surface area contributed by atoms with Gasteiger partial charge in [-0.25, -0.2) is 9.88 Å². The number of halogens is 2. The molecule has 38 heavy (non-hydrogen) atoms. The van der Waals surface area contributed by atoms with Crippen molar-refractivity contribution >= 4 is 51.6 Å². The summed E-state index contributed by atoms with van der Waals surface area (Å²) in [7, 11) is 0. The Hall–Kier alpha value is -3.52. The van der Waals surface area contributed by atoms with Gasteiger partial charge in [0.25, 0.3) is 5.56 Å². The Morgan fingerprint density at radius 2 is 1.66 bits per heavy atom. The summed E-state index contributed by atoms with van der Waals surface area (Å²) < 4.78 is 1.60. The van der Waals surface area contributed by atoms with E-state index in [2.05, 4.69) is 5.32 Å². The number of carbonyl (C=O) groups excluding carboxylic acids is 2. The molecule has 0 saturated carbocycles. The minimum absolute atomic E-state index is 0.0146. The smallest absolute Gasteiger partial charge is 0.266 e. The van der Waals surface area contributed by atoms with E-state index in [0.29, 0.717) is 33.1 Å². The standard InChI is InChI=1S/C29H22Cl2N4O3/c1-14(2)24-22-23(27(38)34(26(22)37)15-11-12-18(30)19(31)13-15)29(33-24)17-8-4-6-10-21(17)35-25(36)16-7-3-5-9-20(16)32-28(29)35/h3-14,22-24,33H,1-2H3/t22-,23-,24-,29-/m1/s1. The molecule has 0 bridgehead atoms. The average Bonchev–Trinajstić information content (AvgIpc) is 3.50. The lowest BCUT2D eigenvalue weighted by atomic mass is 9.75. The van der Waals surface area contributed by atoms with Gasteiger partial charge in [-0.3, -0.25) is 24.3 Å². The van der Waals surface area contributed by atoms with Crippen molar-refractivity contribution in [3.8, 4) is 5.69 Å². The van der Waals surface area contributed by atoms with Crippen molar-refractivity contribution in [2.75, 3.05) is 4.90 Å². The van der Waals surface area contributed by atoms with Gasteiger partial charge in [-0.15, -0.1) is 0 Å². The van der Waals surface area contributed by atoms with Crippen LogP contribution in [0.4, 0.5) is 5.69 Å². The molecular weight excluding hydrogens is 523 g/mol. The summed E-state index contributed by atoms with van der Waals surface area (Å²) in [6.45, 7) is 4.05. The van der Waals surface area contributed by atoms with E-state index in [0.717, 1.165) is 5.56 Å². The van der Waals surface area contributed by atoms with Crippen LogP contribution >= 0.6 is 23.2 Å². The number of nitrogens with zero attached hydrogens (tertiary/aromatic N) is 3. The van der Waals surface area contributed by atoms with Crippen molar-refractivity contribution < 1.29 is 9.59 Å². The normalized spacial score (nSPS) is 25.5. The summed E-state index contributed by atoms with van der Waals surface area (Å²) in [4.78, 5) is 48.5. The number of rotatable bonds is 2. The minimum Gasteiger partial charge on any atom is -0.296 e. The van der Waals surface area contributed by atoms with Crippen LogP contribution in [-0.2, 0) is 15.1 Å². The SMILES string of the molecule is CC(C)[C@H]1N[C@]2(c3ccccc3-n3c2nc2ccccc2c3=O)[C@H]2C(=O)N(c3ccc(Cl)c(Cl)c3)C(=O)[C@@H]12. The molecule has 4 aromatic rings. The van der Waals surface area contributed by atoms with Gasteiger partial charge in [-0.05, 0) is 42.3 Å². The van der Waals surface area contributed by atoms with E-state index < -0.39 is 17.4 Å². The van der Waals surface area contributed by atoms with Crippen molar-refractivity contribution in [2.24, 2.45) is 17.8 Å². The molecule has 2 saturated heterocycles. The largest absolute Gasteiger partial charge is 0.296 e. The summed E-state index contributed by atoms with van der Waals surface area (Å²) in [6.07, 6.45) is 0. The maximum Gasteiger partial charge on any atom is 0.266 e. The van der Waals surface area contributed by atoms with Crippen LogP contribution in [0.25, 0.3) is 16.6 Å². The molecule has 1 N–H and O–H groups in total. The fourth-order valence-corrected chi connectivity index (χ4v) is 6.90. The van der Waals surface area contributed by atoms with E-state index in [1.54, 1.807) is 28.8 Å². The van der Waals surface area contributed by atoms with Gasteiger partial charge in [0.1, 0.15) is 11.4 Å². The van der Waals surface area contributed by atoms with Crippen LogP contribution in [-0.4, -0.2) is 27.4 Å². The van der Waals surface area contributed by atoms with Gasteiger partial charge in [-0.1, -0.05) is 67.4 Å². The lowest BCUT2D eigenvalue weighted by Gasteiger charge is -2.32. The number of imide groups is 1. The lowest BCUT2D eigenvalue weighted by Crippen LogP contribution is -2.51. The van der Waals surface area contributed by atoms with Gasteiger partial charge >= 0.3 is 0 Å². The Morgan fingerprint density at radius 1 is 0.921 bits per heavy atom. The molecule has 3 aromatic carbocycles. The highest BCUT2D eigenvalue weighted by molar-refractivity contribution is 6.42. The monoisotopic (exact) mass is 544 g/mol. The highest BCUT2D eigenvalue weighted by atomic mass is 35.5. The molecule has 7 rings (SSSR count). The molecule has 190 valence electrons. The molecule has 2 fully saturated rings. The minimum atomic E-state index is -1.17. The maximum atomic E-state index is 14.4. The van der Waals surface area contributed by atoms with Gasteiger partial charge in [0.2, 0.25) is 11.8 Å². The maximum absolute atomic E-state index is 14.4. The molecule has 1 spiro atoms. The third-order valence-corrected chi connectivity index (χ3v) is 8.92. The number of carbonyl (C=O) groups is 2. The van der Waals surface area contributed by atoms with E-state index in [9.17, 15) is 14.4 Å². The number of aromatic nitrogens is 2. The number of anilines is 1. The second kappa shape index (κ2) is 7.99. The quantitative estimate of drug-likeness (QED) is 0.370. The average molecular weight is 545 g/mol. The Kier molecular flexibility index (Phi) is 4.96. The van der Waals surface area contributed by atoms with Gasteiger partial charge in [0, 0.05) is 11.6 Å². The summed E-state index contributed by atoms with van der Waals surface area (Å²) in [5.41, 5.74) is 0.957. The molecule has 3 aliphatic heterocycles. The Bertz CT molecular complexity index is 1770. The predicted molar refractivity (Wildman–Crippen MR) is 146 cm³/mol. The van der Waals surface area contributed by atoms with E-state index in [-0.39, 0.29) is 34.4 Å². The van der Waals surface area contributed by atoms with Crippen molar-refractivity contribution in [2.45, 2.75) is 25.4 Å². The molecule has 0 unspecified atom stereocenters. The molecule has 0 aliphatic carbocycles. The zero-order valence-corrected chi connectivity index (χ0v) is 22.0. The van der Waals surface area contributed by atoms with Crippen molar-refractivity contribution in [3.63, 3.8) is 0 Å². The first-order chi connectivity index (χ1) is 18.3. The molecular formula is C29H22Cl2N4O3. The topological polar surface area (TPSA) is 84.3 Å². The number of hydrogen-bond acceptors (Lipinski definition) is 5. The molecule has 3 aliphatic rings. The first-order valence-electron chi connectivity index (χ1n) is 12.5. The zero-order chi connectivity index (χ0) is 26.5. The van der Waals surface area contributed by atoms with Gasteiger partial charge in [-0.2, -0.15) is 0 Å². The summed E-state index contributed by atoms with van der Waals surface area (Å²) in [5, 5.41) is 4.77. The highest BCUT2D eigenvalue weighted by Crippen LogP contribution is 2.56. The molecule has 2 amide bonds. The number of nitrogens with one attached hydrogen (secondary N) is 1. The summed E-state index contributed by atoms with van der Waals surface area (Å²) in [6, 6.07) is 19.1. The first-order valence-corrected chi connectivity index (χ1v) is 13.2. The van der Waals surface area contributed by atoms with E-state index in [1.165, 1.54) is 11.0 Å². The van der Waals surface area contributed by atoms with E-state index in [4.69, 9.17) is 28.2 Å². The van der Waals surface area contributed by atoms with Crippen molar-refractivity contribution in [3.05, 3.63) is 98.5 Å². The number of fused-ring (bicyclic) bond motifs is 8. The predicted octanol–water partition coefficient (Wildman–Crippen LogP) is 4.68. The molecule has 0 radical (unpaired) electrons. The van der Waals surface area contributed by atoms with Crippen LogP contribution in [0.15, 0.2) is 71.5 Å². The third kappa shape index (κ3) is 2.84. The molecule has 4 atom stereocenters. The van der Waals surface area contributed by atoms with Crippen molar-refractivity contribution in [1.82, 2.24) is 14.9 Å². The Balaban J connectivity index is 1.53. The Labute approximate surface area is 228 Å². The van der Waals surface area contributed by atoms with Crippen LogP contribution in [0.5, 0.6) is 0 Å². The van der Waals surface area contributed by atoms with Crippen LogP contribution in [0.2, 0.25) is 10.0 Å². The highest BCUT2D eigenvalue weighted by Gasteiger charge is 2.70. The fraction of sp³-hybridized carbons (Fsp3) is 0.241. The molecule has 4 heterocycles. The summed E-state index contributed by atoms with van der Waals surface area (Å²) in [5.74, 6) is -1.71. The molecule has 1 aromatic heterocycles. The van der Waals surface area contributed by atoms with Gasteiger partial charge < -0.3 is 0 Å². The lowest BCUT2D eigenvalue weighted by molar-refractivity contribution is -0.123. The van der Waals surface area contributed by atoms with Crippen LogP contribution in [0.3, 0.4) is 0 Å². The number of hydrogen-bond donors (Lipinski definition) is 1. The van der Waals surface area contributed by atoms with Gasteiger partial charge in [0.05, 0.1) is 44.2 Å². The zero-order valence-electron chi connectivity index (χ0n) is 20.5. The third-order valence-electron chi connectivity index (χ3n) is 8.18. The first kappa shape index (κ1) is 23.6.